The number of rotatable bonds is 8. The molecule has 0 aliphatic heterocycles. The monoisotopic (exact) mass is 282 g/mol. The fourth-order valence-corrected chi connectivity index (χ4v) is 2.67. The molecule has 0 heterocycles. The van der Waals surface area contributed by atoms with Crippen molar-refractivity contribution in [2.75, 3.05) is 32.6 Å². The predicted molar refractivity (Wildman–Crippen MR) is 77.1 cm³/mol. The van der Waals surface area contributed by atoms with Crippen LogP contribution in [-0.2, 0) is 10.0 Å². The van der Waals surface area contributed by atoms with Crippen LogP contribution in [0.25, 0.3) is 0 Å². The Kier molecular flexibility index (Phi) is 7.06. The number of hydrogen-bond acceptors (Lipinski definition) is 4. The summed E-state index contributed by atoms with van der Waals surface area (Å²) in [5, 5.41) is 3.26. The third-order valence-corrected chi connectivity index (χ3v) is 5.86. The molecule has 0 fully saturated rings. The van der Waals surface area contributed by atoms with Crippen molar-refractivity contribution >= 4 is 21.8 Å². The zero-order valence-electron chi connectivity index (χ0n) is 11.8. The molecule has 1 unspecified atom stereocenters. The molecule has 0 aromatic rings. The SMILES string of the molecule is CSC(C)(C)CC(C)NCCS(=O)(=O)N(C)C. The summed E-state index contributed by atoms with van der Waals surface area (Å²) in [6, 6.07) is 0.329. The first kappa shape index (κ1) is 17.2. The Hall–Kier alpha value is 0.220. The van der Waals surface area contributed by atoms with E-state index in [1.165, 1.54) is 4.31 Å². The lowest BCUT2D eigenvalue weighted by atomic mass is 10.0. The van der Waals surface area contributed by atoms with Gasteiger partial charge in [-0.2, -0.15) is 11.8 Å². The standard InChI is InChI=1S/C11H26N2O2S2/c1-10(9-11(2,3)16-6)12-7-8-17(14,15)13(4)5/h10,12H,7-9H2,1-6H3. The van der Waals surface area contributed by atoms with E-state index in [4.69, 9.17) is 0 Å². The number of nitrogens with one attached hydrogen (secondary N) is 1. The summed E-state index contributed by atoms with van der Waals surface area (Å²) in [4.78, 5) is 0. The maximum absolute atomic E-state index is 11.5. The molecule has 0 rings (SSSR count). The van der Waals surface area contributed by atoms with E-state index in [1.807, 2.05) is 11.8 Å². The molecule has 6 heteroatoms. The van der Waals surface area contributed by atoms with Crippen molar-refractivity contribution in [1.29, 1.82) is 0 Å². The van der Waals surface area contributed by atoms with E-state index in [1.54, 1.807) is 14.1 Å². The van der Waals surface area contributed by atoms with E-state index in [0.717, 1.165) is 6.42 Å². The van der Waals surface area contributed by atoms with E-state index in [0.29, 0.717) is 12.6 Å². The highest BCUT2D eigenvalue weighted by Crippen LogP contribution is 2.26. The Morgan fingerprint density at radius 2 is 1.88 bits per heavy atom. The smallest absolute Gasteiger partial charge is 0.214 e. The van der Waals surface area contributed by atoms with Crippen LogP contribution >= 0.6 is 11.8 Å². The molecule has 1 N–H and O–H groups in total. The van der Waals surface area contributed by atoms with Crippen LogP contribution in [0, 0.1) is 0 Å². The first-order valence-corrected chi connectivity index (χ1v) is 8.63. The van der Waals surface area contributed by atoms with Crippen LogP contribution in [0.5, 0.6) is 0 Å². The van der Waals surface area contributed by atoms with Crippen molar-refractivity contribution in [3.8, 4) is 0 Å². The molecular weight excluding hydrogens is 256 g/mol. The number of thioether (sulfide) groups is 1. The normalized spacial score (nSPS) is 15.2. The van der Waals surface area contributed by atoms with Gasteiger partial charge < -0.3 is 5.32 Å². The maximum Gasteiger partial charge on any atom is 0.214 e. The molecule has 0 aromatic carbocycles. The summed E-state index contributed by atoms with van der Waals surface area (Å²) in [6.07, 6.45) is 3.12. The third-order valence-electron chi connectivity index (χ3n) is 2.76. The first-order chi connectivity index (χ1) is 7.60. The molecular formula is C11H26N2O2S2. The molecule has 0 radical (unpaired) electrons. The van der Waals surface area contributed by atoms with E-state index < -0.39 is 10.0 Å². The van der Waals surface area contributed by atoms with E-state index in [2.05, 4.69) is 32.3 Å². The van der Waals surface area contributed by atoms with Gasteiger partial charge in [-0.3, -0.25) is 0 Å². The van der Waals surface area contributed by atoms with Gasteiger partial charge in [-0.05, 0) is 19.6 Å². The summed E-state index contributed by atoms with van der Waals surface area (Å²) >= 11 is 1.83. The van der Waals surface area contributed by atoms with Crippen molar-refractivity contribution in [2.24, 2.45) is 0 Å². The second kappa shape index (κ2) is 6.97. The van der Waals surface area contributed by atoms with E-state index in [9.17, 15) is 8.42 Å². The topological polar surface area (TPSA) is 49.4 Å². The molecule has 4 nitrogen and oxygen atoms in total. The van der Waals surface area contributed by atoms with E-state index in [-0.39, 0.29) is 10.5 Å². The Morgan fingerprint density at radius 1 is 1.35 bits per heavy atom. The lowest BCUT2D eigenvalue weighted by molar-refractivity contribution is 0.471. The van der Waals surface area contributed by atoms with Crippen LogP contribution in [0.4, 0.5) is 0 Å². The molecule has 0 aliphatic rings. The van der Waals surface area contributed by atoms with Gasteiger partial charge in [0.1, 0.15) is 0 Å². The lowest BCUT2D eigenvalue weighted by Gasteiger charge is -2.26. The second-order valence-corrected chi connectivity index (χ2v) is 8.94. The molecule has 0 aromatic heterocycles. The van der Waals surface area contributed by atoms with Gasteiger partial charge in [-0.15, -0.1) is 0 Å². The van der Waals surface area contributed by atoms with Crippen molar-refractivity contribution in [2.45, 2.75) is 38.0 Å². The minimum Gasteiger partial charge on any atom is -0.313 e. The van der Waals surface area contributed by atoms with Crippen molar-refractivity contribution < 1.29 is 8.42 Å². The van der Waals surface area contributed by atoms with Gasteiger partial charge in [0.25, 0.3) is 0 Å². The lowest BCUT2D eigenvalue weighted by Crippen LogP contribution is -2.37. The van der Waals surface area contributed by atoms with Crippen LogP contribution in [0.1, 0.15) is 27.2 Å². The maximum atomic E-state index is 11.5. The first-order valence-electron chi connectivity index (χ1n) is 5.79. The van der Waals surface area contributed by atoms with Crippen LogP contribution in [0.2, 0.25) is 0 Å². The predicted octanol–water partition coefficient (Wildman–Crippen LogP) is 1.39. The Labute approximate surface area is 111 Å². The highest BCUT2D eigenvalue weighted by atomic mass is 32.2. The molecule has 0 saturated carbocycles. The Morgan fingerprint density at radius 3 is 2.29 bits per heavy atom. The van der Waals surface area contributed by atoms with Gasteiger partial charge >= 0.3 is 0 Å². The summed E-state index contributed by atoms with van der Waals surface area (Å²) in [5.41, 5.74) is 0. The minimum absolute atomic E-state index is 0.157. The van der Waals surface area contributed by atoms with Crippen LogP contribution in [0.3, 0.4) is 0 Å². The Bertz CT molecular complexity index is 313. The largest absolute Gasteiger partial charge is 0.313 e. The average Bonchev–Trinajstić information content (AvgIpc) is 2.16. The van der Waals surface area contributed by atoms with Gasteiger partial charge in [-0.25, -0.2) is 12.7 Å². The highest BCUT2D eigenvalue weighted by molar-refractivity contribution is 7.99. The van der Waals surface area contributed by atoms with Crippen molar-refractivity contribution in [3.63, 3.8) is 0 Å². The third kappa shape index (κ3) is 7.28. The molecule has 17 heavy (non-hydrogen) atoms. The fraction of sp³-hybridized carbons (Fsp3) is 1.00. The fourth-order valence-electron chi connectivity index (χ4n) is 1.51. The zero-order valence-corrected chi connectivity index (χ0v) is 13.4. The molecule has 0 bridgehead atoms. The van der Waals surface area contributed by atoms with Crippen LogP contribution < -0.4 is 5.32 Å². The van der Waals surface area contributed by atoms with Gasteiger partial charge in [-0.1, -0.05) is 13.8 Å². The molecule has 0 saturated heterocycles. The van der Waals surface area contributed by atoms with Crippen LogP contribution in [-0.4, -0.2) is 56.2 Å². The average molecular weight is 282 g/mol. The molecule has 104 valence electrons. The Balaban J connectivity index is 3.99. The van der Waals surface area contributed by atoms with E-state index >= 15 is 0 Å². The number of sulfonamides is 1. The summed E-state index contributed by atoms with van der Waals surface area (Å²) in [5.74, 6) is 0.157. The van der Waals surface area contributed by atoms with Crippen molar-refractivity contribution in [3.05, 3.63) is 0 Å². The second-order valence-electron chi connectivity index (χ2n) is 5.12. The van der Waals surface area contributed by atoms with Crippen LogP contribution in [0.15, 0.2) is 0 Å². The highest BCUT2D eigenvalue weighted by Gasteiger charge is 2.20. The number of nitrogens with zero attached hydrogens (tertiary/aromatic N) is 1. The molecule has 1 atom stereocenters. The summed E-state index contributed by atoms with van der Waals surface area (Å²) < 4.78 is 24.6. The number of hydrogen-bond donors (Lipinski definition) is 1. The zero-order chi connectivity index (χ0) is 13.7. The summed E-state index contributed by atoms with van der Waals surface area (Å²) in [7, 11) is 0.0527. The van der Waals surface area contributed by atoms with Gasteiger partial charge in [0.05, 0.1) is 5.75 Å². The quantitative estimate of drug-likeness (QED) is 0.731. The summed E-state index contributed by atoms with van der Waals surface area (Å²) in [6.45, 7) is 7.01. The van der Waals surface area contributed by atoms with Gasteiger partial charge in [0.15, 0.2) is 0 Å². The van der Waals surface area contributed by atoms with Gasteiger partial charge in [0.2, 0.25) is 10.0 Å². The molecule has 0 spiro atoms. The molecule has 0 aliphatic carbocycles. The minimum atomic E-state index is -3.08. The van der Waals surface area contributed by atoms with Gasteiger partial charge in [0, 0.05) is 31.4 Å². The molecule has 0 amide bonds. The van der Waals surface area contributed by atoms with Crippen molar-refractivity contribution in [1.82, 2.24) is 9.62 Å².